The van der Waals surface area contributed by atoms with Crippen LogP contribution in [-0.2, 0) is 19.1 Å². The van der Waals surface area contributed by atoms with Crippen molar-refractivity contribution < 1.29 is 47.6 Å². The lowest BCUT2D eigenvalue weighted by molar-refractivity contribution is -0.143. The van der Waals surface area contributed by atoms with Gasteiger partial charge in [-0.05, 0) is 49.2 Å². The van der Waals surface area contributed by atoms with Crippen LogP contribution in [-0.4, -0.2) is 63.1 Å². The van der Waals surface area contributed by atoms with Crippen molar-refractivity contribution >= 4 is 23.5 Å². The van der Waals surface area contributed by atoms with Crippen molar-refractivity contribution in [2.75, 3.05) is 39.6 Å². The topological polar surface area (TPSA) is 124 Å². The van der Waals surface area contributed by atoms with Crippen LogP contribution in [0.3, 0.4) is 0 Å². The molecule has 0 saturated heterocycles. The number of esters is 2. The van der Waals surface area contributed by atoms with Crippen LogP contribution < -0.4 is 18.9 Å². The summed E-state index contributed by atoms with van der Waals surface area (Å²) in [6.45, 7) is 1.28. The predicted molar refractivity (Wildman–Crippen MR) is 156 cm³/mol. The fraction of sp³-hybridized carbons (Fsp3) is 0.515. The number of hydrogen-bond donors (Lipinski definition) is 0. The Kier molecular flexibility index (Phi) is 12.7. The van der Waals surface area contributed by atoms with Crippen molar-refractivity contribution in [3.63, 3.8) is 0 Å². The Balaban J connectivity index is 0.940. The van der Waals surface area contributed by atoms with Gasteiger partial charge in [0.05, 0.1) is 0 Å². The molecule has 2 heterocycles. The van der Waals surface area contributed by atoms with Crippen LogP contribution in [0.15, 0.2) is 36.4 Å². The largest absolute Gasteiger partial charge is 0.486 e. The van der Waals surface area contributed by atoms with Crippen LogP contribution in [0, 0.1) is 0 Å². The minimum absolute atomic E-state index is 0.273. The van der Waals surface area contributed by atoms with Crippen LogP contribution in [0.1, 0.15) is 91.3 Å². The van der Waals surface area contributed by atoms with Gasteiger partial charge in [0.25, 0.3) is 0 Å². The van der Waals surface area contributed by atoms with Gasteiger partial charge < -0.3 is 28.4 Å². The molecule has 0 amide bonds. The van der Waals surface area contributed by atoms with Crippen LogP contribution >= 0.6 is 0 Å². The molecular formula is C33H40O10. The van der Waals surface area contributed by atoms with Crippen LogP contribution in [0.2, 0.25) is 0 Å². The van der Waals surface area contributed by atoms with Crippen LogP contribution in [0.5, 0.6) is 23.0 Å². The Labute approximate surface area is 251 Å². The molecule has 0 atom stereocenters. The average molecular weight is 597 g/mol. The van der Waals surface area contributed by atoms with Crippen LogP contribution in [0.25, 0.3) is 0 Å². The van der Waals surface area contributed by atoms with E-state index >= 15 is 0 Å². The Morgan fingerprint density at radius 1 is 0.488 bits per heavy atom. The normalized spacial score (nSPS) is 13.2. The molecule has 2 aromatic rings. The lowest BCUT2D eigenvalue weighted by Crippen LogP contribution is -2.17. The fourth-order valence-electron chi connectivity index (χ4n) is 4.81. The molecule has 2 aliphatic rings. The third-order valence-electron chi connectivity index (χ3n) is 7.22. The Bertz CT molecular complexity index is 1160. The highest BCUT2D eigenvalue weighted by Crippen LogP contribution is 2.32. The first kappa shape index (κ1) is 31.8. The van der Waals surface area contributed by atoms with Gasteiger partial charge >= 0.3 is 11.9 Å². The fourth-order valence-corrected chi connectivity index (χ4v) is 4.81. The Morgan fingerprint density at radius 3 is 1.23 bits per heavy atom. The number of carbonyl (C=O) groups is 4. The van der Waals surface area contributed by atoms with Gasteiger partial charge in [-0.15, -0.1) is 0 Å². The summed E-state index contributed by atoms with van der Waals surface area (Å²) in [5.74, 6) is 1.01. The number of rotatable bonds is 18. The van der Waals surface area contributed by atoms with Gasteiger partial charge in [0.1, 0.15) is 26.4 Å². The highest BCUT2D eigenvalue weighted by Gasteiger charge is 2.17. The van der Waals surface area contributed by atoms with Crippen molar-refractivity contribution in [2.45, 2.75) is 70.6 Å². The zero-order chi connectivity index (χ0) is 30.3. The molecule has 232 valence electrons. The number of Topliss-reactive ketones (excluding diaryl/α,β-unsaturated/α-hetero) is 2. The second-order valence-corrected chi connectivity index (χ2v) is 10.6. The van der Waals surface area contributed by atoms with E-state index in [2.05, 4.69) is 0 Å². The van der Waals surface area contributed by atoms with E-state index in [1.54, 1.807) is 36.4 Å². The first-order chi connectivity index (χ1) is 21.0. The molecular weight excluding hydrogens is 556 g/mol. The van der Waals surface area contributed by atoms with Crippen molar-refractivity contribution in [3.05, 3.63) is 47.5 Å². The summed E-state index contributed by atoms with van der Waals surface area (Å²) in [5.41, 5.74) is 0.857. The molecule has 0 radical (unpaired) electrons. The molecule has 10 heteroatoms. The number of hydrogen-bond acceptors (Lipinski definition) is 10. The number of fused-ring (bicyclic) bond motifs is 2. The van der Waals surface area contributed by atoms with E-state index in [0.717, 1.165) is 57.8 Å². The second kappa shape index (κ2) is 17.1. The molecule has 0 fully saturated rings. The highest BCUT2D eigenvalue weighted by molar-refractivity contribution is 5.99. The van der Waals surface area contributed by atoms with E-state index in [-0.39, 0.29) is 36.7 Å². The zero-order valence-corrected chi connectivity index (χ0v) is 24.6. The standard InChI is InChI=1S/C33H40O10/c34-26(24-12-14-28-30(20-24)40-18-16-38-28)22-42-32(36)10-8-6-4-2-1-3-5-7-9-11-33(37)43-23-27(35)25-13-15-29-31(21-25)41-19-17-39-29/h12-15,20-21H,1-11,16-19,22-23H2. The van der Waals surface area contributed by atoms with Crippen molar-refractivity contribution in [1.29, 1.82) is 0 Å². The van der Waals surface area contributed by atoms with Crippen molar-refractivity contribution in [1.82, 2.24) is 0 Å². The van der Waals surface area contributed by atoms with E-state index in [0.29, 0.717) is 73.4 Å². The summed E-state index contributed by atoms with van der Waals surface area (Å²) in [5, 5.41) is 0. The molecule has 0 bridgehead atoms. The summed E-state index contributed by atoms with van der Waals surface area (Å²) in [6, 6.07) is 9.91. The summed E-state index contributed by atoms with van der Waals surface area (Å²) in [7, 11) is 0. The summed E-state index contributed by atoms with van der Waals surface area (Å²) in [4.78, 5) is 48.7. The molecule has 0 saturated carbocycles. The predicted octanol–water partition coefficient (Wildman–Crippen LogP) is 5.67. The first-order valence-corrected chi connectivity index (χ1v) is 15.2. The molecule has 4 rings (SSSR count). The quantitative estimate of drug-likeness (QED) is 0.121. The van der Waals surface area contributed by atoms with E-state index < -0.39 is 0 Å². The minimum atomic E-state index is -0.364. The van der Waals surface area contributed by atoms with Crippen molar-refractivity contribution in [3.8, 4) is 23.0 Å². The molecule has 0 N–H and O–H groups in total. The van der Waals surface area contributed by atoms with Crippen LogP contribution in [0.4, 0.5) is 0 Å². The third-order valence-corrected chi connectivity index (χ3v) is 7.22. The molecule has 10 nitrogen and oxygen atoms in total. The van der Waals surface area contributed by atoms with Gasteiger partial charge in [-0.25, -0.2) is 0 Å². The van der Waals surface area contributed by atoms with Crippen molar-refractivity contribution in [2.24, 2.45) is 0 Å². The maximum absolute atomic E-state index is 12.3. The van der Waals surface area contributed by atoms with E-state index in [1.807, 2.05) is 0 Å². The lowest BCUT2D eigenvalue weighted by atomic mass is 10.1. The van der Waals surface area contributed by atoms with Gasteiger partial charge in [0.15, 0.2) is 47.8 Å². The van der Waals surface area contributed by atoms with Gasteiger partial charge in [0, 0.05) is 24.0 Å². The molecule has 2 aliphatic heterocycles. The molecule has 43 heavy (non-hydrogen) atoms. The number of ketones is 2. The van der Waals surface area contributed by atoms with E-state index in [1.165, 1.54) is 0 Å². The smallest absolute Gasteiger partial charge is 0.306 e. The average Bonchev–Trinajstić information content (AvgIpc) is 3.04. The number of ether oxygens (including phenoxy) is 6. The molecule has 0 aliphatic carbocycles. The zero-order valence-electron chi connectivity index (χ0n) is 24.6. The van der Waals surface area contributed by atoms with E-state index in [4.69, 9.17) is 28.4 Å². The Morgan fingerprint density at radius 2 is 0.837 bits per heavy atom. The Hall–Kier alpha value is -4.08. The van der Waals surface area contributed by atoms with E-state index in [9.17, 15) is 19.2 Å². The highest BCUT2D eigenvalue weighted by atomic mass is 16.6. The van der Waals surface area contributed by atoms with Gasteiger partial charge in [0.2, 0.25) is 0 Å². The van der Waals surface area contributed by atoms with Gasteiger partial charge in [-0.2, -0.15) is 0 Å². The first-order valence-electron chi connectivity index (χ1n) is 15.2. The third kappa shape index (κ3) is 10.6. The molecule has 0 aromatic heterocycles. The molecule has 2 aromatic carbocycles. The van der Waals surface area contributed by atoms with Gasteiger partial charge in [-0.3, -0.25) is 19.2 Å². The lowest BCUT2D eigenvalue weighted by Gasteiger charge is -2.18. The number of unbranched alkanes of at least 4 members (excludes halogenated alkanes) is 8. The molecule has 0 unspecified atom stereocenters. The SMILES string of the molecule is O=C(CCCCCCCCCCCC(=O)OCC(=O)c1ccc2c(c1)OCCO2)OCC(=O)c1ccc2c(c1)OCCO2. The monoisotopic (exact) mass is 596 g/mol. The minimum Gasteiger partial charge on any atom is -0.486 e. The molecule has 0 spiro atoms. The van der Waals surface area contributed by atoms with Gasteiger partial charge in [-0.1, -0.05) is 44.9 Å². The summed E-state index contributed by atoms with van der Waals surface area (Å²) >= 11 is 0. The number of carbonyl (C=O) groups excluding carboxylic acids is 4. The maximum atomic E-state index is 12.3. The summed E-state index contributed by atoms with van der Waals surface area (Å²) < 4.78 is 32.2. The maximum Gasteiger partial charge on any atom is 0.306 e. The second-order valence-electron chi connectivity index (χ2n) is 10.6. The number of benzene rings is 2. The summed E-state index contributed by atoms with van der Waals surface area (Å²) in [6.07, 6.45) is 9.27.